The molecule has 0 radical (unpaired) electrons. The fraction of sp³-hybridized carbons (Fsp3) is 0.280. The maximum atomic E-state index is 14.3. The van der Waals surface area contributed by atoms with Crippen LogP contribution in [-0.2, 0) is 0 Å². The van der Waals surface area contributed by atoms with E-state index in [0.717, 1.165) is 48.7 Å². The molecule has 3 heterocycles. The van der Waals surface area contributed by atoms with Gasteiger partial charge in [-0.05, 0) is 36.4 Å². The van der Waals surface area contributed by atoms with Gasteiger partial charge in [-0.25, -0.2) is 14.1 Å². The molecule has 33 heavy (non-hydrogen) atoms. The van der Waals surface area contributed by atoms with Crippen molar-refractivity contribution >= 4 is 34.0 Å². The number of fused-ring (bicyclic) bond motifs is 1. The maximum absolute atomic E-state index is 14.3. The van der Waals surface area contributed by atoms with Gasteiger partial charge in [0.05, 0.1) is 30.1 Å². The second-order valence-electron chi connectivity index (χ2n) is 7.37. The fourth-order valence-electron chi connectivity index (χ4n) is 4.09. The number of benzene rings is 2. The van der Waals surface area contributed by atoms with Gasteiger partial charge in [-0.1, -0.05) is 37.6 Å². The van der Waals surface area contributed by atoms with E-state index in [1.807, 2.05) is 38.1 Å². The van der Waals surface area contributed by atoms with Crippen molar-refractivity contribution in [1.29, 1.82) is 0 Å². The van der Waals surface area contributed by atoms with Crippen molar-refractivity contribution < 1.29 is 9.13 Å². The minimum atomic E-state index is -0.330. The summed E-state index contributed by atoms with van der Waals surface area (Å²) >= 11 is 6.21. The molecule has 6 nitrogen and oxygen atoms in total. The lowest BCUT2D eigenvalue weighted by molar-refractivity contribution is 0.413. The van der Waals surface area contributed by atoms with Crippen LogP contribution in [0, 0.1) is 5.82 Å². The highest BCUT2D eigenvalue weighted by molar-refractivity contribution is 6.31. The van der Waals surface area contributed by atoms with E-state index in [2.05, 4.69) is 19.9 Å². The number of pyridine rings is 1. The molecule has 0 N–H and O–H groups in total. The van der Waals surface area contributed by atoms with Crippen LogP contribution in [0.2, 0.25) is 5.02 Å². The first-order chi connectivity index (χ1) is 16.2. The molecule has 2 aromatic heterocycles. The summed E-state index contributed by atoms with van der Waals surface area (Å²) in [6.07, 6.45) is 3.51. The second-order valence-corrected chi connectivity index (χ2v) is 7.80. The highest BCUT2D eigenvalue weighted by atomic mass is 35.5. The minimum Gasteiger partial charge on any atom is -0.495 e. The summed E-state index contributed by atoms with van der Waals surface area (Å²) in [6, 6.07) is 14.2. The molecule has 2 aromatic carbocycles. The average Bonchev–Trinajstić information content (AvgIpc) is 3.30. The number of nitrogens with zero attached hydrogens (tertiary/aromatic N) is 5. The zero-order valence-electron chi connectivity index (χ0n) is 19.0. The Balaban J connectivity index is 0.00000126. The van der Waals surface area contributed by atoms with Crippen LogP contribution in [0.1, 0.15) is 13.8 Å². The van der Waals surface area contributed by atoms with Crippen molar-refractivity contribution in [3.63, 3.8) is 0 Å². The standard InChI is InChI=1S/C23H21ClFN5O.C2H6/c1-31-22-7-6-16(24)14-21(22)29-12-10-28(11-13-29)19-8-9-26-23-17(19)15-27-30(23)20-5-3-2-4-18(20)25;1-2/h2-9,14-15H,10-13H2,1H3;1-2H3. The third kappa shape index (κ3) is 4.46. The van der Waals surface area contributed by atoms with Crippen molar-refractivity contribution in [2.45, 2.75) is 13.8 Å². The highest BCUT2D eigenvalue weighted by Gasteiger charge is 2.23. The van der Waals surface area contributed by atoms with Gasteiger partial charge in [0.2, 0.25) is 0 Å². The number of methoxy groups -OCH3 is 1. The van der Waals surface area contributed by atoms with Crippen molar-refractivity contribution in [3.05, 3.63) is 71.8 Å². The molecule has 0 bridgehead atoms. The first-order valence-electron chi connectivity index (χ1n) is 11.1. The Labute approximate surface area is 198 Å². The fourth-order valence-corrected chi connectivity index (χ4v) is 4.26. The number of piperazine rings is 1. The molecule has 1 saturated heterocycles. The number of halogens is 2. The van der Waals surface area contributed by atoms with Gasteiger partial charge in [0.15, 0.2) is 5.65 Å². The number of ether oxygens (including phenoxy) is 1. The summed E-state index contributed by atoms with van der Waals surface area (Å²) in [5.74, 6) is 0.485. The molecule has 1 aliphatic rings. The van der Waals surface area contributed by atoms with Crippen LogP contribution in [0.5, 0.6) is 5.75 Å². The molecule has 1 aliphatic heterocycles. The SMILES string of the molecule is CC.COc1ccc(Cl)cc1N1CCN(c2ccnc3c2cnn3-c2ccccc2F)CC1. The highest BCUT2D eigenvalue weighted by Crippen LogP contribution is 2.33. The van der Waals surface area contributed by atoms with Crippen LogP contribution in [-0.4, -0.2) is 48.1 Å². The second kappa shape index (κ2) is 10.1. The van der Waals surface area contributed by atoms with Crippen molar-refractivity contribution in [3.8, 4) is 11.4 Å². The van der Waals surface area contributed by atoms with Gasteiger partial charge in [-0.15, -0.1) is 0 Å². The predicted molar refractivity (Wildman–Crippen MR) is 133 cm³/mol. The van der Waals surface area contributed by atoms with Crippen LogP contribution in [0.4, 0.5) is 15.8 Å². The average molecular weight is 468 g/mol. The van der Waals surface area contributed by atoms with Crippen LogP contribution >= 0.6 is 11.6 Å². The van der Waals surface area contributed by atoms with Crippen LogP contribution in [0.3, 0.4) is 0 Å². The summed E-state index contributed by atoms with van der Waals surface area (Å²) in [5, 5.41) is 6.01. The van der Waals surface area contributed by atoms with Crippen molar-refractivity contribution in [2.24, 2.45) is 0 Å². The molecule has 172 valence electrons. The van der Waals surface area contributed by atoms with Crippen molar-refractivity contribution in [1.82, 2.24) is 14.8 Å². The van der Waals surface area contributed by atoms with E-state index in [1.165, 1.54) is 6.07 Å². The number of para-hydroxylation sites is 1. The molecular weight excluding hydrogens is 441 g/mol. The number of rotatable bonds is 4. The molecule has 0 saturated carbocycles. The summed E-state index contributed by atoms with van der Waals surface area (Å²) in [5.41, 5.74) is 3.08. The van der Waals surface area contributed by atoms with E-state index < -0.39 is 0 Å². The third-order valence-corrected chi connectivity index (χ3v) is 5.87. The zero-order chi connectivity index (χ0) is 23.4. The molecule has 4 aromatic rings. The monoisotopic (exact) mass is 467 g/mol. The Morgan fingerprint density at radius 1 is 0.909 bits per heavy atom. The molecule has 0 atom stereocenters. The molecule has 0 amide bonds. The van der Waals surface area contributed by atoms with E-state index in [1.54, 1.807) is 42.4 Å². The molecule has 5 rings (SSSR count). The number of aromatic nitrogens is 3. The third-order valence-electron chi connectivity index (χ3n) is 5.63. The predicted octanol–water partition coefficient (Wildman–Crippen LogP) is 5.57. The lowest BCUT2D eigenvalue weighted by Crippen LogP contribution is -2.46. The normalized spacial score (nSPS) is 13.6. The quantitative estimate of drug-likeness (QED) is 0.392. The smallest absolute Gasteiger partial charge is 0.165 e. The van der Waals surface area contributed by atoms with Gasteiger partial charge < -0.3 is 14.5 Å². The number of anilines is 2. The van der Waals surface area contributed by atoms with Gasteiger partial charge in [0, 0.05) is 37.4 Å². The van der Waals surface area contributed by atoms with Crippen LogP contribution in [0.25, 0.3) is 16.7 Å². The first-order valence-corrected chi connectivity index (χ1v) is 11.4. The molecule has 1 fully saturated rings. The Morgan fingerprint density at radius 3 is 2.30 bits per heavy atom. The summed E-state index contributed by atoms with van der Waals surface area (Å²) in [7, 11) is 1.67. The van der Waals surface area contributed by atoms with Gasteiger partial charge in [-0.3, -0.25) is 0 Å². The van der Waals surface area contributed by atoms with E-state index in [4.69, 9.17) is 16.3 Å². The lowest BCUT2D eigenvalue weighted by Gasteiger charge is -2.38. The Bertz CT molecular complexity index is 1240. The zero-order valence-corrected chi connectivity index (χ0v) is 19.8. The van der Waals surface area contributed by atoms with E-state index >= 15 is 0 Å². The van der Waals surface area contributed by atoms with Crippen molar-refractivity contribution in [2.75, 3.05) is 43.1 Å². The molecule has 0 spiro atoms. The van der Waals surface area contributed by atoms with Gasteiger partial charge >= 0.3 is 0 Å². The molecule has 8 heteroatoms. The molecular formula is C25H27ClFN5O. The number of hydrogen-bond donors (Lipinski definition) is 0. The lowest BCUT2D eigenvalue weighted by atomic mass is 10.2. The van der Waals surface area contributed by atoms with E-state index in [-0.39, 0.29) is 5.82 Å². The summed E-state index contributed by atoms with van der Waals surface area (Å²) in [6.45, 7) is 7.28. The van der Waals surface area contributed by atoms with Gasteiger partial charge in [-0.2, -0.15) is 5.10 Å². The Morgan fingerprint density at radius 2 is 1.61 bits per heavy atom. The molecule has 0 aliphatic carbocycles. The summed E-state index contributed by atoms with van der Waals surface area (Å²) < 4.78 is 21.4. The van der Waals surface area contributed by atoms with Gasteiger partial charge in [0.1, 0.15) is 17.3 Å². The van der Waals surface area contributed by atoms with Crippen LogP contribution in [0.15, 0.2) is 60.9 Å². The van der Waals surface area contributed by atoms with E-state index in [0.29, 0.717) is 16.4 Å². The molecule has 0 unspecified atom stereocenters. The Kier molecular flexibility index (Phi) is 6.99. The van der Waals surface area contributed by atoms with Gasteiger partial charge in [0.25, 0.3) is 0 Å². The first kappa shape index (κ1) is 22.9. The number of hydrogen-bond acceptors (Lipinski definition) is 5. The van der Waals surface area contributed by atoms with E-state index in [9.17, 15) is 4.39 Å². The maximum Gasteiger partial charge on any atom is 0.165 e. The minimum absolute atomic E-state index is 0.330. The largest absolute Gasteiger partial charge is 0.495 e. The topological polar surface area (TPSA) is 46.4 Å². The Hall–Kier alpha value is -3.32. The summed E-state index contributed by atoms with van der Waals surface area (Å²) in [4.78, 5) is 9.07. The van der Waals surface area contributed by atoms with Crippen LogP contribution < -0.4 is 14.5 Å².